The van der Waals surface area contributed by atoms with Crippen LogP contribution in [0.15, 0.2) is 0 Å². The zero-order valence-corrected chi connectivity index (χ0v) is 14.4. The summed E-state index contributed by atoms with van der Waals surface area (Å²) in [6.07, 6.45) is 5.34. The maximum atomic E-state index is 12.3. The maximum absolute atomic E-state index is 12.3. The second-order valence-corrected chi connectivity index (χ2v) is 8.50. The highest BCUT2D eigenvalue weighted by molar-refractivity contribution is 7.89. The first-order chi connectivity index (χ1) is 10.5. The molecule has 2 rings (SSSR count). The van der Waals surface area contributed by atoms with Crippen molar-refractivity contribution < 1.29 is 13.2 Å². The van der Waals surface area contributed by atoms with Gasteiger partial charge in [-0.3, -0.25) is 4.79 Å². The molecule has 2 saturated heterocycles. The van der Waals surface area contributed by atoms with E-state index in [1.807, 2.05) is 0 Å². The van der Waals surface area contributed by atoms with E-state index in [0.717, 1.165) is 38.3 Å². The number of carbonyl (C=O) groups is 1. The molecule has 2 fully saturated rings. The summed E-state index contributed by atoms with van der Waals surface area (Å²) in [7, 11) is -3.15. The fourth-order valence-corrected chi connectivity index (χ4v) is 4.84. The number of rotatable bonds is 6. The number of piperazine rings is 1. The molecule has 0 aromatic carbocycles. The average Bonchev–Trinajstić information content (AvgIpc) is 2.53. The molecular formula is C15H29N3O3S. The van der Waals surface area contributed by atoms with Crippen LogP contribution < -0.4 is 5.32 Å². The lowest BCUT2D eigenvalue weighted by Gasteiger charge is -2.33. The summed E-state index contributed by atoms with van der Waals surface area (Å²) in [4.78, 5) is 13.0. The Kier molecular flexibility index (Phi) is 6.65. The third-order valence-electron chi connectivity index (χ3n) is 4.80. The van der Waals surface area contributed by atoms with Crippen molar-refractivity contribution >= 4 is 15.9 Å². The number of piperidine rings is 1. The summed E-state index contributed by atoms with van der Waals surface area (Å²) in [6.45, 7) is 5.65. The molecule has 1 N–H and O–H groups in total. The van der Waals surface area contributed by atoms with Crippen LogP contribution in [-0.2, 0) is 14.8 Å². The summed E-state index contributed by atoms with van der Waals surface area (Å²) in [5, 5.41) is 3.35. The quantitative estimate of drug-likeness (QED) is 0.726. The van der Waals surface area contributed by atoms with E-state index in [1.54, 1.807) is 9.21 Å². The summed E-state index contributed by atoms with van der Waals surface area (Å²) in [5.74, 6) is 1.04. The summed E-state index contributed by atoms with van der Waals surface area (Å²) in [6, 6.07) is 0. The van der Waals surface area contributed by atoms with Crippen LogP contribution in [0.4, 0.5) is 0 Å². The zero-order valence-electron chi connectivity index (χ0n) is 13.6. The number of sulfonamides is 1. The first-order valence-corrected chi connectivity index (χ1v) is 10.0. The number of hydrogen-bond acceptors (Lipinski definition) is 4. The van der Waals surface area contributed by atoms with E-state index in [2.05, 4.69) is 5.32 Å². The Morgan fingerprint density at radius 2 is 1.73 bits per heavy atom. The highest BCUT2D eigenvalue weighted by Gasteiger charge is 2.27. The van der Waals surface area contributed by atoms with Gasteiger partial charge in [-0.2, -0.15) is 4.31 Å². The second-order valence-electron chi connectivity index (χ2n) is 6.41. The molecule has 128 valence electrons. The largest absolute Gasteiger partial charge is 0.340 e. The standard InChI is InChI=1S/C15H29N3O3S/c1-14(19)17-9-11-18(12-10-17)22(20,21)13-3-2-4-15-5-7-16-8-6-15/h15-16H,2-13H2,1H3. The van der Waals surface area contributed by atoms with Crippen molar-refractivity contribution in [2.45, 2.75) is 39.0 Å². The molecule has 0 aliphatic carbocycles. The van der Waals surface area contributed by atoms with Crippen LogP contribution in [0.1, 0.15) is 39.0 Å². The number of unbranched alkanes of at least 4 members (excludes halogenated alkanes) is 1. The van der Waals surface area contributed by atoms with Gasteiger partial charge < -0.3 is 10.2 Å². The Bertz CT molecular complexity index is 453. The van der Waals surface area contributed by atoms with E-state index in [-0.39, 0.29) is 11.7 Å². The molecule has 0 spiro atoms. The third kappa shape index (κ3) is 5.21. The Hall–Kier alpha value is -0.660. The van der Waals surface area contributed by atoms with Gasteiger partial charge in [0.25, 0.3) is 0 Å². The number of nitrogens with one attached hydrogen (secondary N) is 1. The lowest BCUT2D eigenvalue weighted by atomic mass is 9.93. The molecule has 7 heteroatoms. The van der Waals surface area contributed by atoms with Gasteiger partial charge in [0.1, 0.15) is 0 Å². The van der Waals surface area contributed by atoms with E-state index >= 15 is 0 Å². The SMILES string of the molecule is CC(=O)N1CCN(S(=O)(=O)CCCCC2CCNCC2)CC1. The Balaban J connectivity index is 1.66. The van der Waals surface area contributed by atoms with Crippen LogP contribution in [-0.4, -0.2) is 68.6 Å². The Labute approximate surface area is 134 Å². The molecule has 0 aromatic rings. The van der Waals surface area contributed by atoms with Crippen LogP contribution in [0, 0.1) is 5.92 Å². The Morgan fingerprint density at radius 3 is 2.32 bits per heavy atom. The molecule has 1 amide bonds. The molecule has 2 heterocycles. The van der Waals surface area contributed by atoms with Gasteiger partial charge in [-0.05, 0) is 38.3 Å². The molecule has 0 unspecified atom stereocenters. The molecule has 0 saturated carbocycles. The molecule has 0 bridgehead atoms. The van der Waals surface area contributed by atoms with Gasteiger partial charge in [-0.1, -0.05) is 12.8 Å². The highest BCUT2D eigenvalue weighted by Crippen LogP contribution is 2.19. The lowest BCUT2D eigenvalue weighted by Crippen LogP contribution is -2.50. The molecule has 6 nitrogen and oxygen atoms in total. The summed E-state index contributed by atoms with van der Waals surface area (Å²) < 4.78 is 26.2. The second kappa shape index (κ2) is 8.26. The third-order valence-corrected chi connectivity index (χ3v) is 6.76. The molecule has 0 aromatic heterocycles. The van der Waals surface area contributed by atoms with E-state index in [0.29, 0.717) is 26.2 Å². The summed E-state index contributed by atoms with van der Waals surface area (Å²) in [5.41, 5.74) is 0. The minimum absolute atomic E-state index is 0.0269. The number of hydrogen-bond donors (Lipinski definition) is 1. The highest BCUT2D eigenvalue weighted by atomic mass is 32.2. The number of nitrogens with zero attached hydrogens (tertiary/aromatic N) is 2. The van der Waals surface area contributed by atoms with Crippen molar-refractivity contribution in [2.24, 2.45) is 5.92 Å². The number of carbonyl (C=O) groups excluding carboxylic acids is 1. The van der Waals surface area contributed by atoms with Gasteiger partial charge in [-0.15, -0.1) is 0 Å². The van der Waals surface area contributed by atoms with Crippen molar-refractivity contribution in [1.29, 1.82) is 0 Å². The monoisotopic (exact) mass is 331 g/mol. The van der Waals surface area contributed by atoms with Crippen LogP contribution >= 0.6 is 0 Å². The molecule has 0 atom stereocenters. The molecule has 0 radical (unpaired) electrons. The van der Waals surface area contributed by atoms with E-state index in [9.17, 15) is 13.2 Å². The van der Waals surface area contributed by atoms with Crippen molar-refractivity contribution in [3.8, 4) is 0 Å². The fourth-order valence-electron chi connectivity index (χ4n) is 3.30. The van der Waals surface area contributed by atoms with Crippen LogP contribution in [0.25, 0.3) is 0 Å². The first kappa shape index (κ1) is 17.7. The molecule has 2 aliphatic rings. The van der Waals surface area contributed by atoms with E-state index in [1.165, 1.54) is 19.8 Å². The van der Waals surface area contributed by atoms with Crippen LogP contribution in [0.3, 0.4) is 0 Å². The topological polar surface area (TPSA) is 69.7 Å². The molecular weight excluding hydrogens is 302 g/mol. The molecule has 22 heavy (non-hydrogen) atoms. The van der Waals surface area contributed by atoms with Crippen molar-refractivity contribution in [1.82, 2.24) is 14.5 Å². The predicted octanol–water partition coefficient (Wildman–Crippen LogP) is 0.650. The van der Waals surface area contributed by atoms with Crippen molar-refractivity contribution in [3.05, 3.63) is 0 Å². The van der Waals surface area contributed by atoms with E-state index < -0.39 is 10.0 Å². The lowest BCUT2D eigenvalue weighted by molar-refractivity contribution is -0.129. The first-order valence-electron chi connectivity index (χ1n) is 8.43. The fraction of sp³-hybridized carbons (Fsp3) is 0.933. The number of amides is 1. The predicted molar refractivity (Wildman–Crippen MR) is 87.1 cm³/mol. The van der Waals surface area contributed by atoms with Crippen LogP contribution in [0.5, 0.6) is 0 Å². The van der Waals surface area contributed by atoms with Gasteiger partial charge in [0.05, 0.1) is 5.75 Å². The van der Waals surface area contributed by atoms with Gasteiger partial charge in [0.15, 0.2) is 0 Å². The van der Waals surface area contributed by atoms with Gasteiger partial charge in [0, 0.05) is 33.1 Å². The van der Waals surface area contributed by atoms with Crippen molar-refractivity contribution in [2.75, 3.05) is 45.0 Å². The van der Waals surface area contributed by atoms with Gasteiger partial charge in [0.2, 0.25) is 15.9 Å². The van der Waals surface area contributed by atoms with Crippen molar-refractivity contribution in [3.63, 3.8) is 0 Å². The van der Waals surface area contributed by atoms with Gasteiger partial charge >= 0.3 is 0 Å². The zero-order chi connectivity index (χ0) is 16.0. The normalized spacial score (nSPS) is 22.0. The minimum atomic E-state index is -3.15. The maximum Gasteiger partial charge on any atom is 0.219 e. The molecule has 2 aliphatic heterocycles. The average molecular weight is 331 g/mol. The minimum Gasteiger partial charge on any atom is -0.340 e. The smallest absolute Gasteiger partial charge is 0.219 e. The Morgan fingerprint density at radius 1 is 1.09 bits per heavy atom. The van der Waals surface area contributed by atoms with E-state index in [4.69, 9.17) is 0 Å². The summed E-state index contributed by atoms with van der Waals surface area (Å²) >= 11 is 0. The van der Waals surface area contributed by atoms with Gasteiger partial charge in [-0.25, -0.2) is 8.42 Å². The van der Waals surface area contributed by atoms with Crippen LogP contribution in [0.2, 0.25) is 0 Å².